The SMILES string of the molecule is CC(C)CN1CCN(C(=O)c2cn3ccccc3n2)[C@H]2CS(=O)(=O)C[C@H]21. The maximum absolute atomic E-state index is 13.1. The summed E-state index contributed by atoms with van der Waals surface area (Å²) in [5, 5.41) is 0. The molecular weight excluding hydrogens is 352 g/mol. The fourth-order valence-electron chi connectivity index (χ4n) is 4.16. The number of amides is 1. The van der Waals surface area contributed by atoms with Crippen LogP contribution in [0.2, 0.25) is 0 Å². The Morgan fingerprint density at radius 1 is 1.23 bits per heavy atom. The Balaban J connectivity index is 1.63. The largest absolute Gasteiger partial charge is 0.330 e. The van der Waals surface area contributed by atoms with Crippen molar-refractivity contribution < 1.29 is 13.2 Å². The van der Waals surface area contributed by atoms with Crippen LogP contribution in [0.3, 0.4) is 0 Å². The van der Waals surface area contributed by atoms with E-state index in [1.165, 1.54) is 0 Å². The predicted octanol–water partition coefficient (Wildman–Crippen LogP) is 0.914. The van der Waals surface area contributed by atoms with E-state index in [2.05, 4.69) is 23.7 Å². The molecule has 26 heavy (non-hydrogen) atoms. The summed E-state index contributed by atoms with van der Waals surface area (Å²) in [5.41, 5.74) is 1.08. The van der Waals surface area contributed by atoms with Gasteiger partial charge in [-0.05, 0) is 18.1 Å². The van der Waals surface area contributed by atoms with Crippen LogP contribution in [0.4, 0.5) is 0 Å². The summed E-state index contributed by atoms with van der Waals surface area (Å²) < 4.78 is 26.4. The monoisotopic (exact) mass is 376 g/mol. The number of hydrogen-bond acceptors (Lipinski definition) is 5. The normalized spacial score (nSPS) is 25.7. The van der Waals surface area contributed by atoms with Gasteiger partial charge in [0, 0.05) is 38.1 Å². The average Bonchev–Trinajstić information content (AvgIpc) is 3.14. The van der Waals surface area contributed by atoms with Gasteiger partial charge in [0.15, 0.2) is 9.84 Å². The number of carbonyl (C=O) groups is 1. The molecule has 2 aliphatic heterocycles. The highest BCUT2D eigenvalue weighted by atomic mass is 32.2. The quantitative estimate of drug-likeness (QED) is 0.796. The van der Waals surface area contributed by atoms with Crippen LogP contribution in [-0.2, 0) is 9.84 Å². The van der Waals surface area contributed by atoms with Gasteiger partial charge in [-0.2, -0.15) is 0 Å². The van der Waals surface area contributed by atoms with E-state index in [-0.39, 0.29) is 29.5 Å². The second-order valence-corrected chi connectivity index (χ2v) is 9.84. The molecule has 1 amide bonds. The first-order valence-electron chi connectivity index (χ1n) is 9.03. The smallest absolute Gasteiger partial charge is 0.274 e. The minimum absolute atomic E-state index is 0.0470. The summed E-state index contributed by atoms with van der Waals surface area (Å²) in [7, 11) is -3.13. The van der Waals surface area contributed by atoms with Gasteiger partial charge >= 0.3 is 0 Å². The van der Waals surface area contributed by atoms with Crippen molar-refractivity contribution >= 4 is 21.4 Å². The molecule has 140 valence electrons. The summed E-state index contributed by atoms with van der Waals surface area (Å²) in [4.78, 5) is 21.5. The van der Waals surface area contributed by atoms with Crippen LogP contribution in [0.15, 0.2) is 30.6 Å². The number of imidazole rings is 1. The Morgan fingerprint density at radius 3 is 2.73 bits per heavy atom. The number of aromatic nitrogens is 2. The van der Waals surface area contributed by atoms with Crippen LogP contribution in [0.1, 0.15) is 24.3 Å². The summed E-state index contributed by atoms with van der Waals surface area (Å²) in [6.45, 7) is 6.36. The number of nitrogens with zero attached hydrogens (tertiary/aromatic N) is 4. The first-order valence-corrected chi connectivity index (χ1v) is 10.9. The molecule has 2 atom stereocenters. The van der Waals surface area contributed by atoms with Crippen LogP contribution in [-0.4, -0.2) is 76.7 Å². The topological polar surface area (TPSA) is 75.0 Å². The molecule has 0 N–H and O–H groups in total. The van der Waals surface area contributed by atoms with Gasteiger partial charge in [0.25, 0.3) is 5.91 Å². The summed E-state index contributed by atoms with van der Waals surface area (Å²) in [5.74, 6) is 0.467. The van der Waals surface area contributed by atoms with Crippen molar-refractivity contribution in [2.75, 3.05) is 31.1 Å². The van der Waals surface area contributed by atoms with Crippen LogP contribution in [0.25, 0.3) is 5.65 Å². The van der Waals surface area contributed by atoms with E-state index in [1.54, 1.807) is 11.1 Å². The van der Waals surface area contributed by atoms with E-state index in [0.29, 0.717) is 30.3 Å². The van der Waals surface area contributed by atoms with E-state index in [0.717, 1.165) is 6.54 Å². The molecule has 4 rings (SSSR count). The second-order valence-electron chi connectivity index (χ2n) is 7.69. The number of fused-ring (bicyclic) bond motifs is 2. The Morgan fingerprint density at radius 2 is 2.00 bits per heavy atom. The number of piperazine rings is 1. The molecule has 0 unspecified atom stereocenters. The lowest BCUT2D eigenvalue weighted by Crippen LogP contribution is -2.61. The van der Waals surface area contributed by atoms with Crippen molar-refractivity contribution in [1.29, 1.82) is 0 Å². The molecule has 8 heteroatoms. The van der Waals surface area contributed by atoms with E-state index in [4.69, 9.17) is 0 Å². The summed E-state index contributed by atoms with van der Waals surface area (Å²) >= 11 is 0. The highest BCUT2D eigenvalue weighted by Gasteiger charge is 2.48. The predicted molar refractivity (Wildman–Crippen MR) is 98.9 cm³/mol. The van der Waals surface area contributed by atoms with Crippen molar-refractivity contribution in [3.8, 4) is 0 Å². The zero-order chi connectivity index (χ0) is 18.5. The summed E-state index contributed by atoms with van der Waals surface area (Å²) in [6, 6.07) is 5.20. The molecule has 2 aromatic rings. The molecule has 0 spiro atoms. The van der Waals surface area contributed by atoms with Gasteiger partial charge in [-0.25, -0.2) is 13.4 Å². The molecule has 2 aliphatic rings. The van der Waals surface area contributed by atoms with E-state index in [1.807, 2.05) is 28.8 Å². The Hall–Kier alpha value is -1.93. The Labute approximate surface area is 153 Å². The van der Waals surface area contributed by atoms with Gasteiger partial charge in [-0.1, -0.05) is 19.9 Å². The highest BCUT2D eigenvalue weighted by molar-refractivity contribution is 7.91. The first kappa shape index (κ1) is 17.5. The molecule has 0 bridgehead atoms. The van der Waals surface area contributed by atoms with E-state index >= 15 is 0 Å². The minimum atomic E-state index is -3.13. The number of rotatable bonds is 3. The number of sulfone groups is 1. The van der Waals surface area contributed by atoms with Crippen molar-refractivity contribution in [3.63, 3.8) is 0 Å². The number of hydrogen-bond donors (Lipinski definition) is 0. The average molecular weight is 376 g/mol. The van der Waals surface area contributed by atoms with E-state index in [9.17, 15) is 13.2 Å². The fraction of sp³-hybridized carbons (Fsp3) is 0.556. The standard InChI is InChI=1S/C18H24N4O3S/c1-13(2)9-20-7-8-22(16-12-26(24,25)11-15(16)20)18(23)14-10-21-6-4-3-5-17(21)19-14/h3-6,10,13,15-16H,7-9,11-12H2,1-2H3/t15-,16+/m1/s1. The zero-order valence-corrected chi connectivity index (χ0v) is 15.9. The first-order chi connectivity index (χ1) is 12.3. The molecule has 0 aliphatic carbocycles. The fourth-order valence-corrected chi connectivity index (χ4v) is 6.17. The number of carbonyl (C=O) groups excluding carboxylic acids is 1. The Bertz CT molecular complexity index is 904. The van der Waals surface area contributed by atoms with Crippen molar-refractivity contribution in [3.05, 3.63) is 36.3 Å². The zero-order valence-electron chi connectivity index (χ0n) is 15.1. The third-order valence-electron chi connectivity index (χ3n) is 5.23. The highest BCUT2D eigenvalue weighted by Crippen LogP contribution is 2.28. The molecule has 0 saturated carbocycles. The molecule has 4 heterocycles. The molecule has 0 aromatic carbocycles. The van der Waals surface area contributed by atoms with Crippen LogP contribution >= 0.6 is 0 Å². The molecule has 2 aromatic heterocycles. The van der Waals surface area contributed by atoms with Crippen LogP contribution in [0.5, 0.6) is 0 Å². The lowest BCUT2D eigenvalue weighted by molar-refractivity contribution is 0.0293. The van der Waals surface area contributed by atoms with Gasteiger partial charge < -0.3 is 9.30 Å². The third kappa shape index (κ3) is 3.12. The maximum atomic E-state index is 13.1. The lowest BCUT2D eigenvalue weighted by atomic mass is 10.0. The minimum Gasteiger partial charge on any atom is -0.330 e. The maximum Gasteiger partial charge on any atom is 0.274 e. The molecule has 2 saturated heterocycles. The van der Waals surface area contributed by atoms with Crippen LogP contribution < -0.4 is 0 Å². The van der Waals surface area contributed by atoms with Crippen molar-refractivity contribution in [2.24, 2.45) is 5.92 Å². The third-order valence-corrected chi connectivity index (χ3v) is 6.93. The van der Waals surface area contributed by atoms with Gasteiger partial charge in [-0.15, -0.1) is 0 Å². The van der Waals surface area contributed by atoms with E-state index < -0.39 is 9.84 Å². The second kappa shape index (κ2) is 6.35. The van der Waals surface area contributed by atoms with Gasteiger partial charge in [0.05, 0.1) is 17.5 Å². The Kier molecular flexibility index (Phi) is 4.27. The van der Waals surface area contributed by atoms with Gasteiger partial charge in [0.1, 0.15) is 11.3 Å². The molecule has 7 nitrogen and oxygen atoms in total. The van der Waals surface area contributed by atoms with Gasteiger partial charge in [0.2, 0.25) is 0 Å². The number of pyridine rings is 1. The molecule has 0 radical (unpaired) electrons. The van der Waals surface area contributed by atoms with Crippen molar-refractivity contribution in [1.82, 2.24) is 19.2 Å². The molecular formula is C18H24N4O3S. The molecule has 2 fully saturated rings. The lowest BCUT2D eigenvalue weighted by Gasteiger charge is -2.44. The van der Waals surface area contributed by atoms with Crippen LogP contribution in [0, 0.1) is 5.92 Å². The van der Waals surface area contributed by atoms with Crippen molar-refractivity contribution in [2.45, 2.75) is 25.9 Å². The summed E-state index contributed by atoms with van der Waals surface area (Å²) in [6.07, 6.45) is 3.57. The van der Waals surface area contributed by atoms with Gasteiger partial charge in [-0.3, -0.25) is 9.69 Å².